The van der Waals surface area contributed by atoms with Crippen LogP contribution in [0.5, 0.6) is 0 Å². The molecule has 0 unspecified atom stereocenters. The average Bonchev–Trinajstić information content (AvgIpc) is 3.02. The molecule has 26 heavy (non-hydrogen) atoms. The highest BCUT2D eigenvalue weighted by atomic mass is 16.5. The van der Waals surface area contributed by atoms with Crippen LogP contribution in [-0.2, 0) is 24.1 Å². The fourth-order valence-electron chi connectivity index (χ4n) is 2.98. The second kappa shape index (κ2) is 7.37. The molecule has 3 aromatic rings. The molecule has 0 radical (unpaired) electrons. The van der Waals surface area contributed by atoms with Gasteiger partial charge in [-0.1, -0.05) is 47.6 Å². The van der Waals surface area contributed by atoms with E-state index in [0.29, 0.717) is 18.6 Å². The largest absolute Gasteiger partial charge is 0.480 e. The maximum Gasteiger partial charge on any atom is 0.358 e. The summed E-state index contributed by atoms with van der Waals surface area (Å²) in [7, 11) is 0. The smallest absolute Gasteiger partial charge is 0.358 e. The molecule has 0 spiro atoms. The molecule has 3 rings (SSSR count). The Morgan fingerprint density at radius 2 is 1.81 bits per heavy atom. The molecule has 0 amide bonds. The van der Waals surface area contributed by atoms with Gasteiger partial charge in [-0.2, -0.15) is 0 Å². The molecule has 1 aromatic heterocycles. The highest BCUT2D eigenvalue weighted by Gasteiger charge is 2.25. The first-order valence-electron chi connectivity index (χ1n) is 8.13. The van der Waals surface area contributed by atoms with Crippen molar-refractivity contribution in [2.24, 2.45) is 5.73 Å². The second-order valence-electron chi connectivity index (χ2n) is 6.03. The second-order valence-corrected chi connectivity index (χ2v) is 6.03. The topological polar surface area (TPSA) is 127 Å². The highest BCUT2D eigenvalue weighted by Crippen LogP contribution is 2.23. The third kappa shape index (κ3) is 3.57. The number of carboxylic acid groups (broad SMARTS) is 2. The van der Waals surface area contributed by atoms with Gasteiger partial charge in [0, 0.05) is 18.4 Å². The number of carboxylic acids is 2. The summed E-state index contributed by atoms with van der Waals surface area (Å²) in [4.78, 5) is 22.3. The molecule has 7 nitrogen and oxygen atoms in total. The van der Waals surface area contributed by atoms with Gasteiger partial charge in [0.25, 0.3) is 0 Å². The Kier molecular flexibility index (Phi) is 4.99. The first-order valence-corrected chi connectivity index (χ1v) is 8.13. The number of fused-ring (bicyclic) bond motifs is 1. The van der Waals surface area contributed by atoms with Gasteiger partial charge in [0.1, 0.15) is 11.8 Å². The molecule has 0 bridgehead atoms. The number of aliphatic carboxylic acids is 1. The summed E-state index contributed by atoms with van der Waals surface area (Å²) >= 11 is 0. The van der Waals surface area contributed by atoms with Crippen LogP contribution in [0, 0.1) is 0 Å². The van der Waals surface area contributed by atoms with Crippen molar-refractivity contribution in [3.05, 3.63) is 65.0 Å². The Balaban J connectivity index is 1.87. The van der Waals surface area contributed by atoms with Gasteiger partial charge < -0.3 is 20.5 Å². The van der Waals surface area contributed by atoms with E-state index in [1.165, 1.54) is 0 Å². The summed E-state index contributed by atoms with van der Waals surface area (Å²) < 4.78 is 5.19. The van der Waals surface area contributed by atoms with E-state index in [1.807, 2.05) is 42.5 Å². The quantitative estimate of drug-likeness (QED) is 0.594. The Morgan fingerprint density at radius 1 is 1.08 bits per heavy atom. The Labute approximate surface area is 149 Å². The summed E-state index contributed by atoms with van der Waals surface area (Å²) in [5.41, 5.74) is 6.61. The lowest BCUT2D eigenvalue weighted by atomic mass is 9.97. The summed E-state index contributed by atoms with van der Waals surface area (Å²) in [5, 5.41) is 24.1. The molecule has 1 atom stereocenters. The average molecular weight is 354 g/mol. The molecule has 0 aliphatic rings. The monoisotopic (exact) mass is 354 g/mol. The Morgan fingerprint density at radius 3 is 2.54 bits per heavy atom. The molecular formula is C19H18N2O5. The first kappa shape index (κ1) is 17.6. The summed E-state index contributed by atoms with van der Waals surface area (Å²) in [6, 6.07) is 12.7. The van der Waals surface area contributed by atoms with Crippen LogP contribution >= 0.6 is 0 Å². The van der Waals surface area contributed by atoms with E-state index in [9.17, 15) is 14.7 Å². The van der Waals surface area contributed by atoms with Gasteiger partial charge in [0.15, 0.2) is 5.69 Å². The number of hydrogen-bond acceptors (Lipinski definition) is 5. The van der Waals surface area contributed by atoms with E-state index >= 15 is 0 Å². The highest BCUT2D eigenvalue weighted by molar-refractivity contribution is 5.88. The summed E-state index contributed by atoms with van der Waals surface area (Å²) in [6.07, 6.45) is 0.853. The lowest BCUT2D eigenvalue weighted by Crippen LogP contribution is -2.33. The number of carbonyl (C=O) groups is 2. The Hall–Kier alpha value is -3.19. The number of nitrogens with two attached hydrogens (primary N) is 1. The minimum absolute atomic E-state index is 0.147. The SMILES string of the molecule is N[C@@H](Cc1c(C(=O)O)noc1CCc1cccc2ccccc12)C(=O)O. The zero-order valence-corrected chi connectivity index (χ0v) is 13.9. The van der Waals surface area contributed by atoms with Crippen molar-refractivity contribution in [3.8, 4) is 0 Å². The van der Waals surface area contributed by atoms with E-state index in [-0.39, 0.29) is 17.7 Å². The molecular weight excluding hydrogens is 336 g/mol. The minimum Gasteiger partial charge on any atom is -0.480 e. The maximum absolute atomic E-state index is 11.3. The van der Waals surface area contributed by atoms with Crippen molar-refractivity contribution in [2.45, 2.75) is 25.3 Å². The lowest BCUT2D eigenvalue weighted by molar-refractivity contribution is -0.138. The zero-order valence-electron chi connectivity index (χ0n) is 13.9. The van der Waals surface area contributed by atoms with Gasteiger partial charge in [0.05, 0.1) is 0 Å². The molecule has 0 fully saturated rings. The van der Waals surface area contributed by atoms with Crippen LogP contribution < -0.4 is 5.73 Å². The van der Waals surface area contributed by atoms with Crippen molar-refractivity contribution in [3.63, 3.8) is 0 Å². The lowest BCUT2D eigenvalue weighted by Gasteiger charge is -2.08. The first-order chi connectivity index (χ1) is 12.5. The van der Waals surface area contributed by atoms with Gasteiger partial charge in [0.2, 0.25) is 0 Å². The predicted octanol–water partition coefficient (Wildman–Crippen LogP) is 2.27. The molecule has 0 saturated heterocycles. The van der Waals surface area contributed by atoms with Crippen molar-refractivity contribution < 1.29 is 24.3 Å². The number of aromatic nitrogens is 1. The van der Waals surface area contributed by atoms with Crippen LogP contribution in [0.2, 0.25) is 0 Å². The van der Waals surface area contributed by atoms with Crippen LogP contribution in [0.25, 0.3) is 10.8 Å². The third-order valence-corrected chi connectivity index (χ3v) is 4.31. The number of aromatic carboxylic acids is 1. The summed E-state index contributed by atoms with van der Waals surface area (Å²) in [5.74, 6) is -2.12. The normalized spacial score (nSPS) is 12.2. The summed E-state index contributed by atoms with van der Waals surface area (Å²) in [6.45, 7) is 0. The van der Waals surface area contributed by atoms with Crippen LogP contribution in [0.15, 0.2) is 47.0 Å². The molecule has 1 heterocycles. The van der Waals surface area contributed by atoms with Crippen LogP contribution in [-0.4, -0.2) is 33.4 Å². The zero-order chi connectivity index (χ0) is 18.7. The van der Waals surface area contributed by atoms with E-state index in [2.05, 4.69) is 5.16 Å². The molecule has 4 N–H and O–H groups in total. The molecule has 0 aliphatic heterocycles. The van der Waals surface area contributed by atoms with Gasteiger partial charge in [-0.25, -0.2) is 4.79 Å². The fraction of sp³-hybridized carbons (Fsp3) is 0.211. The fourth-order valence-corrected chi connectivity index (χ4v) is 2.98. The number of rotatable bonds is 7. The van der Waals surface area contributed by atoms with Gasteiger partial charge >= 0.3 is 11.9 Å². The van der Waals surface area contributed by atoms with E-state index in [0.717, 1.165) is 16.3 Å². The van der Waals surface area contributed by atoms with E-state index in [1.54, 1.807) is 0 Å². The van der Waals surface area contributed by atoms with Crippen molar-refractivity contribution in [2.75, 3.05) is 0 Å². The number of benzene rings is 2. The van der Waals surface area contributed by atoms with Crippen LogP contribution in [0.1, 0.15) is 27.4 Å². The molecule has 7 heteroatoms. The maximum atomic E-state index is 11.3. The predicted molar refractivity (Wildman–Crippen MR) is 94.1 cm³/mol. The third-order valence-electron chi connectivity index (χ3n) is 4.31. The molecule has 0 aliphatic carbocycles. The molecule has 0 saturated carbocycles. The minimum atomic E-state index is -1.27. The molecule has 2 aromatic carbocycles. The van der Waals surface area contributed by atoms with Crippen LogP contribution in [0.3, 0.4) is 0 Å². The number of nitrogens with zero attached hydrogens (tertiary/aromatic N) is 1. The number of aryl methyl sites for hydroxylation is 2. The van der Waals surface area contributed by atoms with Crippen molar-refractivity contribution >= 4 is 22.7 Å². The Bertz CT molecular complexity index is 958. The van der Waals surface area contributed by atoms with Gasteiger partial charge in [-0.15, -0.1) is 0 Å². The standard InChI is InChI=1S/C19H18N2O5/c20-15(18(22)23)10-14-16(26-21-17(14)19(24)25)9-8-12-6-3-5-11-4-1-2-7-13(11)12/h1-7,15H,8-10,20H2,(H,22,23)(H,24,25)/t15-/m0/s1. The van der Waals surface area contributed by atoms with Gasteiger partial charge in [-0.3, -0.25) is 4.79 Å². The van der Waals surface area contributed by atoms with Gasteiger partial charge in [-0.05, 0) is 22.8 Å². The van der Waals surface area contributed by atoms with Crippen molar-refractivity contribution in [1.82, 2.24) is 5.16 Å². The van der Waals surface area contributed by atoms with Crippen LogP contribution in [0.4, 0.5) is 0 Å². The van der Waals surface area contributed by atoms with Crippen molar-refractivity contribution in [1.29, 1.82) is 0 Å². The number of hydrogen-bond donors (Lipinski definition) is 3. The molecule has 134 valence electrons. The van der Waals surface area contributed by atoms with E-state index in [4.69, 9.17) is 15.4 Å². The van der Waals surface area contributed by atoms with E-state index < -0.39 is 18.0 Å².